The lowest BCUT2D eigenvalue weighted by Crippen LogP contribution is -2.37. The van der Waals surface area contributed by atoms with Crippen molar-refractivity contribution in [2.24, 2.45) is 0 Å². The van der Waals surface area contributed by atoms with Gasteiger partial charge < -0.3 is 10.1 Å². The third-order valence-corrected chi connectivity index (χ3v) is 6.86. The largest absolute Gasteiger partial charge is 0.495 e. The van der Waals surface area contributed by atoms with Gasteiger partial charge in [0.1, 0.15) is 5.75 Å². The highest BCUT2D eigenvalue weighted by atomic mass is 32.2. The van der Waals surface area contributed by atoms with Gasteiger partial charge in [-0.2, -0.15) is 4.31 Å². The number of anilines is 1. The summed E-state index contributed by atoms with van der Waals surface area (Å²) in [7, 11) is -2.38. The molecule has 3 aromatic rings. The van der Waals surface area contributed by atoms with Gasteiger partial charge in [0, 0.05) is 6.54 Å². The summed E-state index contributed by atoms with van der Waals surface area (Å²) in [5, 5.41) is 2.79. The molecule has 7 heteroatoms. The Morgan fingerprint density at radius 2 is 1.56 bits per heavy atom. The van der Waals surface area contributed by atoms with Gasteiger partial charge in [-0.1, -0.05) is 53.6 Å². The smallest absolute Gasteiger partial charge is 0.243 e. The SMILES string of the molecule is COc1ccc(C)cc1NC(=O)CN(Cc1cccc(C)c1)S(=O)(=O)c1ccc(C)cc1. The van der Waals surface area contributed by atoms with E-state index < -0.39 is 15.9 Å². The van der Waals surface area contributed by atoms with E-state index in [1.54, 1.807) is 36.4 Å². The molecule has 32 heavy (non-hydrogen) atoms. The van der Waals surface area contributed by atoms with E-state index in [-0.39, 0.29) is 18.0 Å². The predicted molar refractivity (Wildman–Crippen MR) is 126 cm³/mol. The van der Waals surface area contributed by atoms with Crippen molar-refractivity contribution in [3.63, 3.8) is 0 Å². The average molecular weight is 453 g/mol. The summed E-state index contributed by atoms with van der Waals surface area (Å²) >= 11 is 0. The summed E-state index contributed by atoms with van der Waals surface area (Å²) in [5.41, 5.74) is 4.23. The maximum atomic E-state index is 13.4. The summed E-state index contributed by atoms with van der Waals surface area (Å²) in [5.74, 6) is 0.0628. The molecule has 0 saturated heterocycles. The number of rotatable bonds is 8. The Balaban J connectivity index is 1.91. The molecule has 1 amide bonds. The molecule has 1 N–H and O–H groups in total. The molecule has 168 valence electrons. The number of methoxy groups -OCH3 is 1. The van der Waals surface area contributed by atoms with E-state index in [0.29, 0.717) is 11.4 Å². The fourth-order valence-corrected chi connectivity index (χ4v) is 4.75. The van der Waals surface area contributed by atoms with Crippen LogP contribution in [0.15, 0.2) is 71.6 Å². The van der Waals surface area contributed by atoms with Gasteiger partial charge in [-0.15, -0.1) is 0 Å². The van der Waals surface area contributed by atoms with Gasteiger partial charge in [0.25, 0.3) is 0 Å². The molecule has 0 aromatic heterocycles. The third kappa shape index (κ3) is 5.75. The minimum Gasteiger partial charge on any atom is -0.495 e. The van der Waals surface area contributed by atoms with Crippen LogP contribution in [-0.4, -0.2) is 32.3 Å². The Bertz CT molecular complexity index is 1200. The van der Waals surface area contributed by atoms with Crippen LogP contribution in [0, 0.1) is 20.8 Å². The van der Waals surface area contributed by atoms with Gasteiger partial charge in [-0.3, -0.25) is 4.79 Å². The standard InChI is InChI=1S/C25H28N2O4S/c1-18-8-11-22(12-9-18)32(29,30)27(16-21-7-5-6-19(2)14-21)17-25(28)26-23-15-20(3)10-13-24(23)31-4/h5-15H,16-17H2,1-4H3,(H,26,28). The number of nitrogens with one attached hydrogen (secondary N) is 1. The van der Waals surface area contributed by atoms with E-state index in [4.69, 9.17) is 4.74 Å². The normalized spacial score (nSPS) is 11.4. The molecule has 3 aromatic carbocycles. The van der Waals surface area contributed by atoms with E-state index in [1.807, 2.05) is 51.1 Å². The molecule has 6 nitrogen and oxygen atoms in total. The van der Waals surface area contributed by atoms with Crippen LogP contribution in [0.1, 0.15) is 22.3 Å². The van der Waals surface area contributed by atoms with Crippen LogP contribution in [0.3, 0.4) is 0 Å². The average Bonchev–Trinajstić information content (AvgIpc) is 2.74. The highest BCUT2D eigenvalue weighted by Crippen LogP contribution is 2.26. The highest BCUT2D eigenvalue weighted by molar-refractivity contribution is 7.89. The second-order valence-electron chi connectivity index (χ2n) is 7.83. The van der Waals surface area contributed by atoms with Crippen LogP contribution < -0.4 is 10.1 Å². The van der Waals surface area contributed by atoms with Crippen LogP contribution >= 0.6 is 0 Å². The first kappa shape index (κ1) is 23.5. The van der Waals surface area contributed by atoms with Crippen molar-refractivity contribution < 1.29 is 17.9 Å². The lowest BCUT2D eigenvalue weighted by Gasteiger charge is -2.22. The monoisotopic (exact) mass is 452 g/mol. The zero-order valence-corrected chi connectivity index (χ0v) is 19.6. The number of carbonyl (C=O) groups excluding carboxylic acids is 1. The molecular formula is C25H28N2O4S. The van der Waals surface area contributed by atoms with E-state index in [0.717, 1.165) is 22.3 Å². The summed E-state index contributed by atoms with van der Waals surface area (Å²) in [6.07, 6.45) is 0. The predicted octanol–water partition coefficient (Wildman–Crippen LogP) is 4.45. The summed E-state index contributed by atoms with van der Waals surface area (Å²) in [6.45, 7) is 5.49. The van der Waals surface area contributed by atoms with E-state index in [9.17, 15) is 13.2 Å². The minimum absolute atomic E-state index is 0.0796. The van der Waals surface area contributed by atoms with Crippen molar-refractivity contribution in [1.29, 1.82) is 0 Å². The zero-order chi connectivity index (χ0) is 23.3. The molecule has 0 fully saturated rings. The molecule has 0 spiro atoms. The lowest BCUT2D eigenvalue weighted by atomic mass is 10.1. The van der Waals surface area contributed by atoms with Crippen molar-refractivity contribution in [2.75, 3.05) is 19.0 Å². The number of ether oxygens (including phenoxy) is 1. The Kier molecular flexibility index (Phi) is 7.33. The topological polar surface area (TPSA) is 75.7 Å². The van der Waals surface area contributed by atoms with Crippen molar-refractivity contribution in [3.8, 4) is 5.75 Å². The van der Waals surface area contributed by atoms with Crippen molar-refractivity contribution in [3.05, 3.63) is 89.0 Å². The second kappa shape index (κ2) is 9.97. The summed E-state index contributed by atoms with van der Waals surface area (Å²) < 4.78 is 33.4. The number of aryl methyl sites for hydroxylation is 3. The fraction of sp³-hybridized carbons (Fsp3) is 0.240. The van der Waals surface area contributed by atoms with Gasteiger partial charge in [-0.05, 0) is 56.2 Å². The number of hydrogen-bond acceptors (Lipinski definition) is 4. The third-order valence-electron chi connectivity index (χ3n) is 5.05. The number of nitrogens with zero attached hydrogens (tertiary/aromatic N) is 1. The second-order valence-corrected chi connectivity index (χ2v) is 9.77. The Labute approximate surface area is 189 Å². The first-order valence-electron chi connectivity index (χ1n) is 10.3. The fourth-order valence-electron chi connectivity index (χ4n) is 3.37. The molecule has 0 radical (unpaired) electrons. The Hall–Kier alpha value is -3.16. The highest BCUT2D eigenvalue weighted by Gasteiger charge is 2.27. The molecule has 0 saturated carbocycles. The van der Waals surface area contributed by atoms with Crippen LogP contribution in [0.2, 0.25) is 0 Å². The Morgan fingerprint density at radius 3 is 2.22 bits per heavy atom. The molecule has 0 atom stereocenters. The van der Waals surface area contributed by atoms with E-state index in [1.165, 1.54) is 11.4 Å². The van der Waals surface area contributed by atoms with Gasteiger partial charge in [0.2, 0.25) is 15.9 Å². The first-order valence-corrected chi connectivity index (χ1v) is 11.7. The maximum absolute atomic E-state index is 13.4. The molecule has 0 aliphatic rings. The van der Waals surface area contributed by atoms with Gasteiger partial charge >= 0.3 is 0 Å². The molecule has 0 unspecified atom stereocenters. The molecular weight excluding hydrogens is 424 g/mol. The molecule has 3 rings (SSSR count). The number of hydrogen-bond donors (Lipinski definition) is 1. The number of benzene rings is 3. The molecule has 0 heterocycles. The lowest BCUT2D eigenvalue weighted by molar-refractivity contribution is -0.116. The quantitative estimate of drug-likeness (QED) is 0.548. The van der Waals surface area contributed by atoms with Gasteiger partial charge in [0.15, 0.2) is 0 Å². The molecule has 0 bridgehead atoms. The van der Waals surface area contributed by atoms with Crippen molar-refractivity contribution in [2.45, 2.75) is 32.2 Å². The maximum Gasteiger partial charge on any atom is 0.243 e. The first-order chi connectivity index (χ1) is 15.2. The van der Waals surface area contributed by atoms with Crippen molar-refractivity contribution >= 4 is 21.6 Å². The number of carbonyl (C=O) groups is 1. The van der Waals surface area contributed by atoms with Crippen molar-refractivity contribution in [1.82, 2.24) is 4.31 Å². The summed E-state index contributed by atoms with van der Waals surface area (Å²) in [6, 6.07) is 19.6. The number of amides is 1. The van der Waals surface area contributed by atoms with Crippen LogP contribution in [-0.2, 0) is 21.4 Å². The van der Waals surface area contributed by atoms with Crippen LogP contribution in [0.5, 0.6) is 5.75 Å². The number of sulfonamides is 1. The van der Waals surface area contributed by atoms with E-state index >= 15 is 0 Å². The van der Waals surface area contributed by atoms with E-state index in [2.05, 4.69) is 5.32 Å². The summed E-state index contributed by atoms with van der Waals surface area (Å²) in [4.78, 5) is 13.1. The van der Waals surface area contributed by atoms with Gasteiger partial charge in [0.05, 0.1) is 24.2 Å². The van der Waals surface area contributed by atoms with Gasteiger partial charge in [-0.25, -0.2) is 8.42 Å². The molecule has 0 aliphatic carbocycles. The minimum atomic E-state index is -3.90. The zero-order valence-electron chi connectivity index (χ0n) is 18.8. The van der Waals surface area contributed by atoms with Crippen LogP contribution in [0.25, 0.3) is 0 Å². The Morgan fingerprint density at radius 1 is 0.906 bits per heavy atom. The van der Waals surface area contributed by atoms with Crippen LogP contribution in [0.4, 0.5) is 5.69 Å². The molecule has 0 aliphatic heterocycles.